The second-order valence-electron chi connectivity index (χ2n) is 3.66. The number of carbonyl (C=O) groups is 1. The average molecular weight is 185 g/mol. The maximum absolute atomic E-state index is 11.2. The standard InChI is InChI=1S/C10H19NO2/c1-4-13-10-5-6-11(9(3)12)8(2)7-10/h8,10H,4-7H2,1-3H3/t8-,10-/m1/s1. The summed E-state index contributed by atoms with van der Waals surface area (Å²) >= 11 is 0. The third kappa shape index (κ3) is 2.69. The van der Waals surface area contributed by atoms with Crippen LogP contribution in [0.4, 0.5) is 0 Å². The van der Waals surface area contributed by atoms with Gasteiger partial charge in [0.15, 0.2) is 0 Å². The second-order valence-corrected chi connectivity index (χ2v) is 3.66. The van der Waals surface area contributed by atoms with Gasteiger partial charge >= 0.3 is 0 Å². The van der Waals surface area contributed by atoms with E-state index in [1.54, 1.807) is 6.92 Å². The van der Waals surface area contributed by atoms with Gasteiger partial charge in [-0.3, -0.25) is 4.79 Å². The minimum Gasteiger partial charge on any atom is -0.378 e. The van der Waals surface area contributed by atoms with Crippen molar-refractivity contribution in [1.29, 1.82) is 0 Å². The number of rotatable bonds is 2. The van der Waals surface area contributed by atoms with Gasteiger partial charge in [0.25, 0.3) is 0 Å². The van der Waals surface area contributed by atoms with Gasteiger partial charge in [0.05, 0.1) is 6.10 Å². The van der Waals surface area contributed by atoms with Crippen molar-refractivity contribution in [3.05, 3.63) is 0 Å². The fraction of sp³-hybridized carbons (Fsp3) is 0.900. The third-order valence-electron chi connectivity index (χ3n) is 2.63. The zero-order valence-corrected chi connectivity index (χ0v) is 8.75. The molecule has 0 aromatic carbocycles. The SMILES string of the molecule is CCO[C@@H]1CCN(C(C)=O)[C@H](C)C1. The maximum atomic E-state index is 11.2. The lowest BCUT2D eigenvalue weighted by Crippen LogP contribution is -2.45. The first-order valence-corrected chi connectivity index (χ1v) is 5.04. The van der Waals surface area contributed by atoms with Crippen molar-refractivity contribution in [2.75, 3.05) is 13.2 Å². The molecule has 3 heteroatoms. The van der Waals surface area contributed by atoms with Crippen molar-refractivity contribution in [3.8, 4) is 0 Å². The van der Waals surface area contributed by atoms with E-state index in [9.17, 15) is 4.79 Å². The molecule has 3 nitrogen and oxygen atoms in total. The number of piperidine rings is 1. The van der Waals surface area contributed by atoms with Crippen molar-refractivity contribution in [1.82, 2.24) is 4.90 Å². The van der Waals surface area contributed by atoms with Crippen LogP contribution in [0, 0.1) is 0 Å². The van der Waals surface area contributed by atoms with Gasteiger partial charge in [0.1, 0.15) is 0 Å². The highest BCUT2D eigenvalue weighted by molar-refractivity contribution is 5.73. The summed E-state index contributed by atoms with van der Waals surface area (Å²) in [5, 5.41) is 0. The van der Waals surface area contributed by atoms with Crippen molar-refractivity contribution >= 4 is 5.91 Å². The lowest BCUT2D eigenvalue weighted by Gasteiger charge is -2.36. The summed E-state index contributed by atoms with van der Waals surface area (Å²) in [4.78, 5) is 13.1. The predicted octanol–water partition coefficient (Wildman–Crippen LogP) is 1.42. The Morgan fingerprint density at radius 2 is 2.31 bits per heavy atom. The fourth-order valence-electron chi connectivity index (χ4n) is 1.98. The van der Waals surface area contributed by atoms with Crippen LogP contribution in [0.25, 0.3) is 0 Å². The van der Waals surface area contributed by atoms with Gasteiger partial charge in [-0.1, -0.05) is 0 Å². The van der Waals surface area contributed by atoms with E-state index in [-0.39, 0.29) is 5.91 Å². The van der Waals surface area contributed by atoms with Crippen LogP contribution in [0.5, 0.6) is 0 Å². The van der Waals surface area contributed by atoms with Crippen LogP contribution in [0.1, 0.15) is 33.6 Å². The van der Waals surface area contributed by atoms with Crippen molar-refractivity contribution in [2.24, 2.45) is 0 Å². The Morgan fingerprint density at radius 3 is 2.77 bits per heavy atom. The molecule has 0 unspecified atom stereocenters. The van der Waals surface area contributed by atoms with Crippen molar-refractivity contribution < 1.29 is 9.53 Å². The third-order valence-corrected chi connectivity index (χ3v) is 2.63. The summed E-state index contributed by atoms with van der Waals surface area (Å²) in [5.41, 5.74) is 0. The van der Waals surface area contributed by atoms with E-state index in [0.29, 0.717) is 12.1 Å². The van der Waals surface area contributed by atoms with Crippen LogP contribution in [0.3, 0.4) is 0 Å². The molecule has 0 radical (unpaired) electrons. The van der Waals surface area contributed by atoms with Crippen LogP contribution in [-0.4, -0.2) is 36.1 Å². The number of carbonyl (C=O) groups excluding carboxylic acids is 1. The van der Waals surface area contributed by atoms with E-state index in [0.717, 1.165) is 26.0 Å². The van der Waals surface area contributed by atoms with Crippen LogP contribution in [0.15, 0.2) is 0 Å². The molecule has 13 heavy (non-hydrogen) atoms. The minimum atomic E-state index is 0.183. The summed E-state index contributed by atoms with van der Waals surface area (Å²) in [6.45, 7) is 7.37. The molecule has 1 amide bonds. The molecule has 76 valence electrons. The zero-order valence-electron chi connectivity index (χ0n) is 8.75. The first-order chi connectivity index (χ1) is 6.15. The molecule has 0 bridgehead atoms. The van der Waals surface area contributed by atoms with Crippen LogP contribution < -0.4 is 0 Å². The molecular formula is C10H19NO2. The number of nitrogens with zero attached hydrogens (tertiary/aromatic N) is 1. The first kappa shape index (κ1) is 10.5. The summed E-state index contributed by atoms with van der Waals surface area (Å²) in [5.74, 6) is 0.183. The molecule has 0 aromatic rings. The molecule has 1 fully saturated rings. The largest absolute Gasteiger partial charge is 0.378 e. The van der Waals surface area contributed by atoms with Crippen LogP contribution in [-0.2, 0) is 9.53 Å². The quantitative estimate of drug-likeness (QED) is 0.651. The molecular weight excluding hydrogens is 166 g/mol. The van der Waals surface area contributed by atoms with E-state index >= 15 is 0 Å². The Hall–Kier alpha value is -0.570. The molecule has 0 N–H and O–H groups in total. The molecule has 1 heterocycles. The summed E-state index contributed by atoms with van der Waals surface area (Å²) < 4.78 is 5.54. The normalized spacial score (nSPS) is 29.0. The van der Waals surface area contributed by atoms with E-state index < -0.39 is 0 Å². The number of hydrogen-bond acceptors (Lipinski definition) is 2. The Kier molecular flexibility index (Phi) is 3.72. The summed E-state index contributed by atoms with van der Waals surface area (Å²) in [6.07, 6.45) is 2.32. The number of likely N-dealkylation sites (tertiary alicyclic amines) is 1. The Labute approximate surface area is 80.1 Å². The van der Waals surface area contributed by atoms with Gasteiger partial charge in [-0.05, 0) is 26.7 Å². The Bertz CT molecular complexity index is 182. The van der Waals surface area contributed by atoms with E-state index in [4.69, 9.17) is 4.74 Å². The van der Waals surface area contributed by atoms with Crippen LogP contribution in [0.2, 0.25) is 0 Å². The lowest BCUT2D eigenvalue weighted by atomic mass is 10.0. The molecule has 2 atom stereocenters. The molecule has 1 rings (SSSR count). The van der Waals surface area contributed by atoms with Gasteiger partial charge in [0.2, 0.25) is 5.91 Å². The van der Waals surface area contributed by atoms with Crippen LogP contribution >= 0.6 is 0 Å². The summed E-state index contributed by atoms with van der Waals surface area (Å²) in [6, 6.07) is 0.336. The van der Waals surface area contributed by atoms with Gasteiger partial charge in [-0.2, -0.15) is 0 Å². The molecule has 1 aliphatic rings. The number of hydrogen-bond donors (Lipinski definition) is 0. The van der Waals surface area contributed by atoms with Gasteiger partial charge in [-0.25, -0.2) is 0 Å². The minimum absolute atomic E-state index is 0.183. The highest BCUT2D eigenvalue weighted by atomic mass is 16.5. The summed E-state index contributed by atoms with van der Waals surface area (Å²) in [7, 11) is 0. The highest BCUT2D eigenvalue weighted by Crippen LogP contribution is 2.19. The molecule has 1 aliphatic heterocycles. The number of amides is 1. The second kappa shape index (κ2) is 4.61. The zero-order chi connectivity index (χ0) is 9.84. The van der Waals surface area contributed by atoms with Crippen molar-refractivity contribution in [3.63, 3.8) is 0 Å². The van der Waals surface area contributed by atoms with Gasteiger partial charge < -0.3 is 9.64 Å². The Morgan fingerprint density at radius 1 is 1.62 bits per heavy atom. The smallest absolute Gasteiger partial charge is 0.219 e. The van der Waals surface area contributed by atoms with Crippen molar-refractivity contribution in [2.45, 2.75) is 45.8 Å². The van der Waals surface area contributed by atoms with Gasteiger partial charge in [0, 0.05) is 26.1 Å². The average Bonchev–Trinajstić information content (AvgIpc) is 2.04. The molecule has 0 aromatic heterocycles. The monoisotopic (exact) mass is 185 g/mol. The van der Waals surface area contributed by atoms with E-state index in [1.807, 2.05) is 11.8 Å². The predicted molar refractivity (Wildman–Crippen MR) is 51.5 cm³/mol. The Balaban J connectivity index is 2.42. The fourth-order valence-corrected chi connectivity index (χ4v) is 1.98. The van der Waals surface area contributed by atoms with Gasteiger partial charge in [-0.15, -0.1) is 0 Å². The molecule has 0 spiro atoms. The lowest BCUT2D eigenvalue weighted by molar-refractivity contribution is -0.134. The highest BCUT2D eigenvalue weighted by Gasteiger charge is 2.26. The van der Waals surface area contributed by atoms with E-state index in [2.05, 4.69) is 6.92 Å². The maximum Gasteiger partial charge on any atom is 0.219 e. The molecule has 0 aliphatic carbocycles. The topological polar surface area (TPSA) is 29.5 Å². The molecule has 0 saturated carbocycles. The first-order valence-electron chi connectivity index (χ1n) is 5.04. The number of ether oxygens (including phenoxy) is 1. The molecule has 1 saturated heterocycles. The van der Waals surface area contributed by atoms with E-state index in [1.165, 1.54) is 0 Å².